The molecule has 0 fully saturated rings. The first kappa shape index (κ1) is 22.7. The van der Waals surface area contributed by atoms with E-state index in [1.807, 2.05) is 0 Å². The minimum absolute atomic E-state index is 0. The van der Waals surface area contributed by atoms with Gasteiger partial charge >= 0.3 is 0 Å². The van der Waals surface area contributed by atoms with E-state index < -0.39 is 0 Å². The highest BCUT2D eigenvalue weighted by molar-refractivity contribution is 14.2. The molecule has 0 saturated heterocycles. The Balaban J connectivity index is -0.0000000894. The second kappa shape index (κ2) is 10.5. The third-order valence-corrected chi connectivity index (χ3v) is 2.46. The van der Waals surface area contributed by atoms with Crippen LogP contribution in [0.15, 0.2) is 18.2 Å². The van der Waals surface area contributed by atoms with Crippen molar-refractivity contribution in [3.8, 4) is 0 Å². The van der Waals surface area contributed by atoms with Gasteiger partial charge in [-0.25, -0.2) is 0 Å². The van der Waals surface area contributed by atoms with Crippen molar-refractivity contribution in [1.29, 1.82) is 0 Å². The molecule has 0 radical (unpaired) electrons. The maximum atomic E-state index is 3.35. The third kappa shape index (κ3) is 5.38. The van der Waals surface area contributed by atoms with Gasteiger partial charge in [-0.1, -0.05) is 40.6 Å². The van der Waals surface area contributed by atoms with E-state index >= 15 is 0 Å². The predicted molar refractivity (Wildman–Crippen MR) is 105 cm³/mol. The summed E-state index contributed by atoms with van der Waals surface area (Å²) >= 11 is 2.07. The molecule has 0 spiro atoms. The van der Waals surface area contributed by atoms with Gasteiger partial charge in [0.1, 0.15) is 0 Å². The zero-order valence-corrected chi connectivity index (χ0v) is 15.9. The SMILES string of the molecule is Cc1ccc2[nH]c(C)c(C)c2c1.I.N.O.PI.[HH].[HH]. The number of rotatable bonds is 0. The van der Waals surface area contributed by atoms with E-state index in [1.54, 1.807) is 0 Å². The largest absolute Gasteiger partial charge is 0.412 e. The molecule has 2 aromatic rings. The molecule has 2 rings (SSSR count). The van der Waals surface area contributed by atoms with Crippen LogP contribution < -0.4 is 6.15 Å². The Bertz CT molecular complexity index is 455. The number of benzene rings is 1. The first-order valence-corrected chi connectivity index (χ1v) is 8.63. The van der Waals surface area contributed by atoms with Gasteiger partial charge in [-0.15, -0.1) is 24.0 Å². The number of H-pyrrole nitrogens is 1. The highest BCUT2D eigenvalue weighted by Gasteiger charge is 2.02. The number of hydrogen-bond acceptors (Lipinski definition) is 1. The van der Waals surface area contributed by atoms with E-state index in [0.29, 0.717) is 0 Å². The van der Waals surface area contributed by atoms with Crippen LogP contribution in [0.3, 0.4) is 0 Å². The van der Waals surface area contributed by atoms with Crippen LogP contribution in [0.4, 0.5) is 0 Å². The monoisotopic (exact) mass is 486 g/mol. The van der Waals surface area contributed by atoms with Crippen LogP contribution in [0.25, 0.3) is 10.9 Å². The summed E-state index contributed by atoms with van der Waals surface area (Å²) in [6, 6.07) is 6.51. The summed E-state index contributed by atoms with van der Waals surface area (Å²) in [5, 5.41) is 1.35. The van der Waals surface area contributed by atoms with Crippen LogP contribution in [0, 0.1) is 20.8 Å². The molecule has 17 heavy (non-hydrogen) atoms. The fourth-order valence-electron chi connectivity index (χ4n) is 1.58. The molecule has 6 N–H and O–H groups in total. The van der Waals surface area contributed by atoms with E-state index in [2.05, 4.69) is 72.9 Å². The molecular weight excluding hydrogens is 461 g/mol. The van der Waals surface area contributed by atoms with Crippen molar-refractivity contribution in [2.75, 3.05) is 0 Å². The Kier molecular flexibility index (Phi) is 14.0. The summed E-state index contributed by atoms with van der Waals surface area (Å²) in [5.41, 5.74) is 5.21. The Hall–Kier alpha value is 0.570. The minimum atomic E-state index is 0. The van der Waals surface area contributed by atoms with E-state index in [0.717, 1.165) is 0 Å². The zero-order chi connectivity index (χ0) is 10.7. The lowest BCUT2D eigenvalue weighted by Gasteiger charge is -1.93. The van der Waals surface area contributed by atoms with E-state index in [-0.39, 0.29) is 38.5 Å². The predicted octanol–water partition coefficient (Wildman–Crippen LogP) is 4.75. The maximum Gasteiger partial charge on any atom is 0.0458 e. The Morgan fingerprint density at radius 3 is 2.24 bits per heavy atom. The molecule has 0 amide bonds. The van der Waals surface area contributed by atoms with Gasteiger partial charge in [0.2, 0.25) is 0 Å². The normalized spacial score (nSPS) is 8.06. The summed E-state index contributed by atoms with van der Waals surface area (Å²) in [7, 11) is 0. The van der Waals surface area contributed by atoms with Gasteiger partial charge in [-0.2, -0.15) is 0 Å². The first-order chi connectivity index (χ1) is 6.68. The summed E-state index contributed by atoms with van der Waals surface area (Å²) in [6.45, 7) is 8.79. The highest BCUT2D eigenvalue weighted by atomic mass is 127. The molecule has 1 aromatic heterocycles. The molecule has 3 nitrogen and oxygen atoms in total. The second-order valence-electron chi connectivity index (χ2n) is 3.42. The molecule has 0 aliphatic heterocycles. The van der Waals surface area contributed by atoms with Crippen LogP contribution in [0.2, 0.25) is 0 Å². The number of hydrogen-bond donors (Lipinski definition) is 2. The topological polar surface area (TPSA) is 82.3 Å². The van der Waals surface area contributed by atoms with E-state index in [9.17, 15) is 0 Å². The van der Waals surface area contributed by atoms with Gasteiger partial charge in [0, 0.05) is 19.5 Å². The van der Waals surface area contributed by atoms with Crippen molar-refractivity contribution < 1.29 is 8.33 Å². The second-order valence-corrected chi connectivity index (χ2v) is 3.42. The fraction of sp³-hybridized carbons (Fsp3) is 0.273. The molecule has 104 valence electrons. The number of aryl methyl sites for hydroxylation is 3. The van der Waals surface area contributed by atoms with Gasteiger partial charge in [-0.05, 0) is 38.5 Å². The molecule has 0 aliphatic carbocycles. The number of nitrogens with one attached hydrogen (secondary N) is 1. The van der Waals surface area contributed by atoms with Crippen LogP contribution in [-0.4, -0.2) is 10.5 Å². The summed E-state index contributed by atoms with van der Waals surface area (Å²) in [5.74, 6) is 0. The number of halogens is 2. The van der Waals surface area contributed by atoms with Crippen molar-refractivity contribution in [3.63, 3.8) is 0 Å². The van der Waals surface area contributed by atoms with E-state index in [4.69, 9.17) is 0 Å². The average molecular weight is 486 g/mol. The molecule has 0 aliphatic rings. The lowest BCUT2D eigenvalue weighted by molar-refractivity contribution is 0.824. The smallest absolute Gasteiger partial charge is 0.0458 e. The molecule has 1 heterocycles. The van der Waals surface area contributed by atoms with Crippen molar-refractivity contribution >= 4 is 63.8 Å². The van der Waals surface area contributed by atoms with Gasteiger partial charge < -0.3 is 16.6 Å². The number of aromatic nitrogens is 1. The van der Waals surface area contributed by atoms with Crippen molar-refractivity contribution in [3.05, 3.63) is 35.0 Å². The van der Waals surface area contributed by atoms with Crippen LogP contribution in [0.5, 0.6) is 0 Å². The number of aromatic amines is 1. The van der Waals surface area contributed by atoms with Crippen LogP contribution in [-0.2, 0) is 0 Å². The summed E-state index contributed by atoms with van der Waals surface area (Å²) in [4.78, 5) is 3.35. The third-order valence-electron chi connectivity index (χ3n) is 2.46. The van der Waals surface area contributed by atoms with Crippen molar-refractivity contribution in [2.45, 2.75) is 20.8 Å². The first-order valence-electron chi connectivity index (χ1n) is 4.46. The van der Waals surface area contributed by atoms with Gasteiger partial charge in [0.05, 0.1) is 0 Å². The molecule has 1 unspecified atom stereocenters. The molecular formula is C11H25I2N2OP. The van der Waals surface area contributed by atoms with Crippen molar-refractivity contribution in [1.82, 2.24) is 11.1 Å². The van der Waals surface area contributed by atoms with Gasteiger partial charge in [0.25, 0.3) is 0 Å². The Morgan fingerprint density at radius 1 is 1.18 bits per heavy atom. The maximum absolute atomic E-state index is 3.35. The van der Waals surface area contributed by atoms with E-state index in [1.165, 1.54) is 27.7 Å². The number of fused-ring (bicyclic) bond motifs is 1. The molecule has 1 aromatic carbocycles. The molecule has 0 saturated carbocycles. The fourth-order valence-corrected chi connectivity index (χ4v) is 1.58. The Labute approximate surface area is 138 Å². The molecule has 0 bridgehead atoms. The molecule has 6 heteroatoms. The summed E-state index contributed by atoms with van der Waals surface area (Å²) < 4.78 is 0. The molecule has 1 atom stereocenters. The summed E-state index contributed by atoms with van der Waals surface area (Å²) in [6.07, 6.45) is 0. The lowest BCUT2D eigenvalue weighted by Crippen LogP contribution is -1.72. The van der Waals surface area contributed by atoms with Gasteiger partial charge in [-0.3, -0.25) is 0 Å². The van der Waals surface area contributed by atoms with Crippen molar-refractivity contribution in [2.24, 2.45) is 0 Å². The van der Waals surface area contributed by atoms with Crippen LogP contribution in [0.1, 0.15) is 19.7 Å². The van der Waals surface area contributed by atoms with Gasteiger partial charge in [0.15, 0.2) is 0 Å². The Morgan fingerprint density at radius 2 is 1.71 bits per heavy atom. The lowest BCUT2D eigenvalue weighted by atomic mass is 10.1. The standard InChI is InChI=1S/C11H13N.H2IP.HI.H3N.H2O.2H2/c1-7-4-5-11-10(6-7)8(2)9(3)12-11;1-2;;;;;/h4-6,12H,1-3H3;2H2;1H;1H3;1H2;2*1H. The minimum Gasteiger partial charge on any atom is -0.412 e. The zero-order valence-electron chi connectivity index (χ0n) is 10.3. The highest BCUT2D eigenvalue weighted by Crippen LogP contribution is 2.21. The van der Waals surface area contributed by atoms with Crippen LogP contribution >= 0.6 is 52.9 Å². The average Bonchev–Trinajstić information content (AvgIpc) is 2.48. The quantitative estimate of drug-likeness (QED) is 0.409.